The summed E-state index contributed by atoms with van der Waals surface area (Å²) < 4.78 is 45.5. The molecule has 1 aromatic carbocycles. The van der Waals surface area contributed by atoms with Gasteiger partial charge in [0.1, 0.15) is 11.8 Å². The van der Waals surface area contributed by atoms with Gasteiger partial charge in [-0.3, -0.25) is 14.3 Å². The minimum atomic E-state index is -4.44. The average molecular weight is 453 g/mol. The Hall–Kier alpha value is -3.15. The van der Waals surface area contributed by atoms with Crippen LogP contribution in [-0.2, 0) is 12.7 Å². The fourth-order valence-electron chi connectivity index (χ4n) is 4.15. The Morgan fingerprint density at radius 1 is 1.31 bits per heavy atom. The standard InChI is InChI=1S/C20H22F3N5O4/c1-19(12-27-10-16(28(30)31)25-18(27)32-19)11-26-8-6-15(7-9-26)24-17(29)13-2-4-14(5-3-13)20(21,22)23/h2-5,10,15H,6-9,11-12H2,1H3,(H,24,29)/t19-/m0/s1. The fraction of sp³-hybridized carbons (Fsp3) is 0.500. The van der Waals surface area contributed by atoms with Crippen LogP contribution in [0.25, 0.3) is 0 Å². The van der Waals surface area contributed by atoms with Gasteiger partial charge in [0.25, 0.3) is 5.91 Å². The van der Waals surface area contributed by atoms with E-state index in [1.165, 1.54) is 18.3 Å². The molecule has 0 spiro atoms. The summed E-state index contributed by atoms with van der Waals surface area (Å²) >= 11 is 0. The van der Waals surface area contributed by atoms with Crippen LogP contribution in [0.3, 0.4) is 0 Å². The number of ether oxygens (including phenoxy) is 1. The van der Waals surface area contributed by atoms with Crippen LogP contribution in [0.1, 0.15) is 35.7 Å². The normalized spacial score (nSPS) is 21.8. The van der Waals surface area contributed by atoms with E-state index in [9.17, 15) is 28.1 Å². The average Bonchev–Trinajstić information content (AvgIpc) is 3.24. The topological polar surface area (TPSA) is 103 Å². The lowest BCUT2D eigenvalue weighted by molar-refractivity contribution is -0.389. The van der Waals surface area contributed by atoms with Crippen molar-refractivity contribution in [3.05, 3.63) is 51.7 Å². The maximum Gasteiger partial charge on any atom is 0.416 e. The monoisotopic (exact) mass is 453 g/mol. The molecule has 12 heteroatoms. The number of likely N-dealkylation sites (tertiary alicyclic amines) is 1. The number of piperidine rings is 1. The van der Waals surface area contributed by atoms with Gasteiger partial charge in [-0.05, 0) is 49.0 Å². The van der Waals surface area contributed by atoms with E-state index in [0.29, 0.717) is 39.0 Å². The zero-order valence-electron chi connectivity index (χ0n) is 17.3. The van der Waals surface area contributed by atoms with Crippen LogP contribution in [0.2, 0.25) is 0 Å². The molecule has 2 aromatic rings. The minimum Gasteiger partial charge on any atom is -0.436 e. The van der Waals surface area contributed by atoms with E-state index >= 15 is 0 Å². The maximum atomic E-state index is 12.7. The smallest absolute Gasteiger partial charge is 0.416 e. The molecule has 0 unspecified atom stereocenters. The number of carbonyl (C=O) groups is 1. The Morgan fingerprint density at radius 3 is 2.53 bits per heavy atom. The summed E-state index contributed by atoms with van der Waals surface area (Å²) in [5.74, 6) is -0.637. The predicted octanol–water partition coefficient (Wildman–Crippen LogP) is 2.86. The first-order chi connectivity index (χ1) is 15.0. The molecule has 1 saturated heterocycles. The zero-order valence-corrected chi connectivity index (χ0v) is 17.3. The molecule has 2 aliphatic rings. The first kappa shape index (κ1) is 22.1. The highest BCUT2D eigenvalue weighted by Crippen LogP contribution is 2.32. The summed E-state index contributed by atoms with van der Waals surface area (Å²) in [4.78, 5) is 28.7. The van der Waals surface area contributed by atoms with Gasteiger partial charge in [-0.25, -0.2) is 0 Å². The van der Waals surface area contributed by atoms with Crippen LogP contribution >= 0.6 is 0 Å². The molecule has 1 amide bonds. The number of halogens is 3. The van der Waals surface area contributed by atoms with E-state index in [2.05, 4.69) is 15.2 Å². The largest absolute Gasteiger partial charge is 0.436 e. The molecule has 3 heterocycles. The number of carbonyl (C=O) groups excluding carboxylic acids is 1. The second kappa shape index (κ2) is 8.08. The molecule has 1 N–H and O–H groups in total. The second-order valence-corrected chi connectivity index (χ2v) is 8.42. The van der Waals surface area contributed by atoms with E-state index < -0.39 is 28.2 Å². The van der Waals surface area contributed by atoms with Crippen LogP contribution in [0, 0.1) is 10.1 Å². The Labute approximate surface area is 181 Å². The first-order valence-electron chi connectivity index (χ1n) is 10.1. The Balaban J connectivity index is 1.26. The summed E-state index contributed by atoms with van der Waals surface area (Å²) in [7, 11) is 0. The molecule has 1 fully saturated rings. The van der Waals surface area contributed by atoms with Crippen molar-refractivity contribution in [2.75, 3.05) is 19.6 Å². The number of aromatic nitrogens is 2. The highest BCUT2D eigenvalue weighted by atomic mass is 19.4. The number of nitrogens with one attached hydrogen (secondary N) is 1. The number of benzene rings is 1. The highest BCUT2D eigenvalue weighted by molar-refractivity contribution is 5.94. The van der Waals surface area contributed by atoms with E-state index in [0.717, 1.165) is 12.1 Å². The Morgan fingerprint density at radius 2 is 1.97 bits per heavy atom. The van der Waals surface area contributed by atoms with Crippen LogP contribution < -0.4 is 10.1 Å². The number of amides is 1. The summed E-state index contributed by atoms with van der Waals surface area (Å²) in [6.07, 6.45) is -1.69. The number of fused-ring (bicyclic) bond motifs is 1. The molecule has 4 rings (SSSR count). The number of imidazole rings is 1. The van der Waals surface area contributed by atoms with Crippen LogP contribution in [0.15, 0.2) is 30.5 Å². The van der Waals surface area contributed by atoms with Gasteiger partial charge in [0.2, 0.25) is 0 Å². The number of rotatable bonds is 5. The molecule has 0 radical (unpaired) electrons. The predicted molar refractivity (Wildman–Crippen MR) is 106 cm³/mol. The van der Waals surface area contributed by atoms with Crippen molar-refractivity contribution in [3.8, 4) is 6.01 Å². The Kier molecular flexibility index (Phi) is 5.57. The van der Waals surface area contributed by atoms with E-state index in [4.69, 9.17) is 4.74 Å². The van der Waals surface area contributed by atoms with Gasteiger partial charge in [-0.1, -0.05) is 0 Å². The van der Waals surface area contributed by atoms with E-state index in [-0.39, 0.29) is 23.4 Å². The highest BCUT2D eigenvalue weighted by Gasteiger charge is 2.42. The van der Waals surface area contributed by atoms with Gasteiger partial charge in [-0.15, -0.1) is 0 Å². The molecule has 0 saturated carbocycles. The zero-order chi connectivity index (χ0) is 23.1. The molecule has 1 atom stereocenters. The van der Waals surface area contributed by atoms with Crippen LogP contribution in [0.5, 0.6) is 6.01 Å². The molecule has 0 bridgehead atoms. The third-order valence-electron chi connectivity index (χ3n) is 5.71. The van der Waals surface area contributed by atoms with Crippen molar-refractivity contribution in [2.24, 2.45) is 0 Å². The quantitative estimate of drug-likeness (QED) is 0.552. The number of hydrogen-bond acceptors (Lipinski definition) is 6. The van der Waals surface area contributed by atoms with Gasteiger partial charge in [-0.2, -0.15) is 13.2 Å². The molecule has 9 nitrogen and oxygen atoms in total. The number of hydrogen-bond donors (Lipinski definition) is 1. The van der Waals surface area contributed by atoms with E-state index in [1.54, 1.807) is 4.57 Å². The lowest BCUT2D eigenvalue weighted by atomic mass is 10.0. The van der Waals surface area contributed by atoms with Gasteiger partial charge >= 0.3 is 18.0 Å². The lowest BCUT2D eigenvalue weighted by Gasteiger charge is -2.36. The third kappa shape index (κ3) is 4.69. The van der Waals surface area contributed by atoms with Gasteiger partial charge in [0, 0.05) is 36.2 Å². The fourth-order valence-corrected chi connectivity index (χ4v) is 4.15. The van der Waals surface area contributed by atoms with Crippen LogP contribution in [0.4, 0.5) is 19.0 Å². The minimum absolute atomic E-state index is 0.0727. The van der Waals surface area contributed by atoms with E-state index in [1.807, 2.05) is 6.92 Å². The van der Waals surface area contributed by atoms with Crippen molar-refractivity contribution in [1.82, 2.24) is 19.8 Å². The molecule has 2 aliphatic heterocycles. The number of nitro groups is 1. The van der Waals surface area contributed by atoms with Crippen molar-refractivity contribution >= 4 is 11.7 Å². The lowest BCUT2D eigenvalue weighted by Crippen LogP contribution is -2.50. The number of nitrogens with zero attached hydrogens (tertiary/aromatic N) is 4. The molecule has 32 heavy (non-hydrogen) atoms. The maximum absolute atomic E-state index is 12.7. The van der Waals surface area contributed by atoms with Crippen molar-refractivity contribution in [1.29, 1.82) is 0 Å². The van der Waals surface area contributed by atoms with Crippen LogP contribution in [-0.4, -0.2) is 56.6 Å². The summed E-state index contributed by atoms with van der Waals surface area (Å²) in [6.45, 7) is 4.39. The van der Waals surface area contributed by atoms with Crippen molar-refractivity contribution in [3.63, 3.8) is 0 Å². The summed E-state index contributed by atoms with van der Waals surface area (Å²) in [6, 6.07) is 4.33. The van der Waals surface area contributed by atoms with Gasteiger partial charge < -0.3 is 20.2 Å². The second-order valence-electron chi connectivity index (χ2n) is 8.42. The summed E-state index contributed by atoms with van der Waals surface area (Å²) in [5.41, 5.74) is -1.16. The summed E-state index contributed by atoms with van der Waals surface area (Å²) in [5, 5.41) is 13.7. The van der Waals surface area contributed by atoms with Crippen molar-refractivity contribution < 1.29 is 27.6 Å². The molecular weight excluding hydrogens is 431 g/mol. The molecule has 0 aliphatic carbocycles. The third-order valence-corrected chi connectivity index (χ3v) is 5.71. The molecular formula is C20H22F3N5O4. The first-order valence-corrected chi connectivity index (χ1v) is 10.1. The molecule has 172 valence electrons. The molecule has 1 aromatic heterocycles. The SMILES string of the molecule is C[C@]1(CN2CCC(NC(=O)c3ccc(C(F)(F)F)cc3)CC2)Cn2cc([N+](=O)[O-])nc2O1. The van der Waals surface area contributed by atoms with Gasteiger partial charge in [0.15, 0.2) is 0 Å². The number of alkyl halides is 3. The van der Waals surface area contributed by atoms with Crippen molar-refractivity contribution in [2.45, 2.75) is 44.1 Å². The van der Waals surface area contributed by atoms with Gasteiger partial charge in [0.05, 0.1) is 12.1 Å². The Bertz CT molecular complexity index is 990.